The quantitative estimate of drug-likeness (QED) is 0.758. The van der Waals surface area contributed by atoms with Gasteiger partial charge in [-0.3, -0.25) is 0 Å². The summed E-state index contributed by atoms with van der Waals surface area (Å²) in [6, 6.07) is 12.8. The number of thiazole rings is 1. The van der Waals surface area contributed by atoms with Crippen LogP contribution in [0.3, 0.4) is 0 Å². The SMILES string of the molecule is N#C[C@H]1CC[C@](OCC2CC2)(c2nc(-c3ccccc3)cs2)CC1. The molecule has 4 rings (SSSR count). The van der Waals surface area contributed by atoms with Crippen molar-refractivity contribution in [1.29, 1.82) is 5.26 Å². The van der Waals surface area contributed by atoms with E-state index >= 15 is 0 Å². The highest BCUT2D eigenvalue weighted by Crippen LogP contribution is 2.45. The fourth-order valence-corrected chi connectivity index (χ4v) is 4.46. The molecule has 0 atom stereocenters. The molecule has 2 aliphatic carbocycles. The molecule has 0 N–H and O–H groups in total. The lowest BCUT2D eigenvalue weighted by molar-refractivity contribution is -0.0848. The van der Waals surface area contributed by atoms with Gasteiger partial charge in [0, 0.05) is 16.9 Å². The van der Waals surface area contributed by atoms with Crippen LogP contribution < -0.4 is 0 Å². The number of hydrogen-bond donors (Lipinski definition) is 0. The van der Waals surface area contributed by atoms with E-state index in [0.29, 0.717) is 0 Å². The van der Waals surface area contributed by atoms with Crippen LogP contribution in [0.25, 0.3) is 11.3 Å². The molecular formula is C20H22N2OS. The lowest BCUT2D eigenvalue weighted by Gasteiger charge is -2.37. The van der Waals surface area contributed by atoms with Gasteiger partial charge in [-0.15, -0.1) is 11.3 Å². The van der Waals surface area contributed by atoms with Crippen LogP contribution in [0.4, 0.5) is 0 Å². The van der Waals surface area contributed by atoms with Gasteiger partial charge in [-0.05, 0) is 44.4 Å². The molecule has 2 aromatic rings. The Morgan fingerprint density at radius 1 is 1.17 bits per heavy atom. The van der Waals surface area contributed by atoms with E-state index in [2.05, 4.69) is 23.6 Å². The smallest absolute Gasteiger partial charge is 0.125 e. The Balaban J connectivity index is 1.59. The predicted octanol–water partition coefficient (Wildman–Crippen LogP) is 5.15. The molecule has 1 aromatic carbocycles. The minimum absolute atomic E-state index is 0.177. The molecule has 24 heavy (non-hydrogen) atoms. The largest absolute Gasteiger partial charge is 0.368 e. The molecular weight excluding hydrogens is 316 g/mol. The van der Waals surface area contributed by atoms with E-state index in [1.54, 1.807) is 11.3 Å². The predicted molar refractivity (Wildman–Crippen MR) is 95.5 cm³/mol. The topological polar surface area (TPSA) is 45.9 Å². The molecule has 2 saturated carbocycles. The molecule has 124 valence electrons. The molecule has 0 unspecified atom stereocenters. The van der Waals surface area contributed by atoms with Gasteiger partial charge in [0.15, 0.2) is 0 Å². The summed E-state index contributed by atoms with van der Waals surface area (Å²) in [5, 5.41) is 12.4. The molecule has 4 heteroatoms. The summed E-state index contributed by atoms with van der Waals surface area (Å²) in [5.74, 6) is 0.917. The van der Waals surface area contributed by atoms with Crippen LogP contribution in [-0.4, -0.2) is 11.6 Å². The normalized spacial score (nSPS) is 26.9. The number of nitriles is 1. The first-order chi connectivity index (χ1) is 11.8. The van der Waals surface area contributed by atoms with Gasteiger partial charge in [0.2, 0.25) is 0 Å². The van der Waals surface area contributed by atoms with Crippen LogP contribution in [0, 0.1) is 23.2 Å². The van der Waals surface area contributed by atoms with Gasteiger partial charge in [0.05, 0.1) is 18.4 Å². The van der Waals surface area contributed by atoms with Crippen molar-refractivity contribution in [3.05, 3.63) is 40.7 Å². The van der Waals surface area contributed by atoms with Crippen LogP contribution in [0.5, 0.6) is 0 Å². The molecule has 0 bridgehead atoms. The first-order valence-electron chi connectivity index (χ1n) is 8.84. The lowest BCUT2D eigenvalue weighted by atomic mass is 9.79. The molecule has 2 fully saturated rings. The Kier molecular flexibility index (Phi) is 4.39. The van der Waals surface area contributed by atoms with Gasteiger partial charge in [-0.1, -0.05) is 30.3 Å². The minimum atomic E-state index is -0.270. The number of aromatic nitrogens is 1. The third-order valence-electron chi connectivity index (χ3n) is 5.23. The highest BCUT2D eigenvalue weighted by atomic mass is 32.1. The fraction of sp³-hybridized carbons (Fsp3) is 0.500. The molecule has 0 radical (unpaired) electrons. The zero-order chi connectivity index (χ0) is 16.4. The van der Waals surface area contributed by atoms with Crippen molar-refractivity contribution in [3.63, 3.8) is 0 Å². The second kappa shape index (κ2) is 6.66. The summed E-state index contributed by atoms with van der Waals surface area (Å²) in [5.41, 5.74) is 1.92. The highest BCUT2D eigenvalue weighted by Gasteiger charge is 2.41. The zero-order valence-electron chi connectivity index (χ0n) is 13.8. The van der Waals surface area contributed by atoms with Crippen molar-refractivity contribution in [2.45, 2.75) is 44.1 Å². The minimum Gasteiger partial charge on any atom is -0.368 e. The molecule has 0 spiro atoms. The summed E-state index contributed by atoms with van der Waals surface area (Å²) in [7, 11) is 0. The summed E-state index contributed by atoms with van der Waals surface area (Å²) in [4.78, 5) is 4.94. The van der Waals surface area contributed by atoms with Gasteiger partial charge in [-0.2, -0.15) is 5.26 Å². The van der Waals surface area contributed by atoms with Crippen molar-refractivity contribution < 1.29 is 4.74 Å². The number of ether oxygens (including phenoxy) is 1. The second-order valence-electron chi connectivity index (χ2n) is 7.06. The van der Waals surface area contributed by atoms with E-state index < -0.39 is 0 Å². The van der Waals surface area contributed by atoms with E-state index in [4.69, 9.17) is 9.72 Å². The first kappa shape index (κ1) is 15.8. The average Bonchev–Trinajstić information content (AvgIpc) is 3.34. The monoisotopic (exact) mass is 338 g/mol. The Bertz CT molecular complexity index is 722. The molecule has 1 heterocycles. The van der Waals surface area contributed by atoms with Crippen LogP contribution in [-0.2, 0) is 10.3 Å². The second-order valence-corrected chi connectivity index (χ2v) is 7.91. The standard InChI is InChI=1S/C20H22N2OS/c21-12-15-8-10-20(11-9-15,23-13-16-6-7-16)19-22-18(14-24-19)17-4-2-1-3-5-17/h1-5,14-16H,6-11,13H2/t15-,20+. The lowest BCUT2D eigenvalue weighted by Crippen LogP contribution is -2.35. The Hall–Kier alpha value is -1.70. The van der Waals surface area contributed by atoms with Gasteiger partial charge in [-0.25, -0.2) is 4.98 Å². The van der Waals surface area contributed by atoms with Gasteiger partial charge < -0.3 is 4.74 Å². The van der Waals surface area contributed by atoms with Crippen LogP contribution >= 0.6 is 11.3 Å². The Morgan fingerprint density at radius 3 is 2.58 bits per heavy atom. The summed E-state index contributed by atoms with van der Waals surface area (Å²) < 4.78 is 6.46. The van der Waals surface area contributed by atoms with E-state index in [1.807, 2.05) is 18.2 Å². The van der Waals surface area contributed by atoms with Gasteiger partial charge in [0.1, 0.15) is 10.6 Å². The highest BCUT2D eigenvalue weighted by molar-refractivity contribution is 7.10. The molecule has 1 aromatic heterocycles. The van der Waals surface area contributed by atoms with Crippen LogP contribution in [0.15, 0.2) is 35.7 Å². The van der Waals surface area contributed by atoms with E-state index in [9.17, 15) is 5.26 Å². The number of rotatable bonds is 5. The first-order valence-corrected chi connectivity index (χ1v) is 9.72. The van der Waals surface area contributed by atoms with Crippen molar-refractivity contribution in [2.75, 3.05) is 6.61 Å². The van der Waals surface area contributed by atoms with Crippen LogP contribution in [0.1, 0.15) is 43.5 Å². The Morgan fingerprint density at radius 2 is 1.92 bits per heavy atom. The van der Waals surface area contributed by atoms with E-state index in [1.165, 1.54) is 12.8 Å². The summed E-state index contributed by atoms with van der Waals surface area (Å²) in [6.07, 6.45) is 6.26. The molecule has 0 aliphatic heterocycles. The maximum atomic E-state index is 9.21. The third-order valence-corrected chi connectivity index (χ3v) is 6.26. The van der Waals surface area contributed by atoms with Crippen molar-refractivity contribution in [1.82, 2.24) is 4.98 Å². The van der Waals surface area contributed by atoms with E-state index in [0.717, 1.165) is 54.5 Å². The third kappa shape index (κ3) is 3.24. The molecule has 2 aliphatic rings. The summed E-state index contributed by atoms with van der Waals surface area (Å²) >= 11 is 1.71. The van der Waals surface area contributed by atoms with Gasteiger partial charge in [0.25, 0.3) is 0 Å². The average molecular weight is 338 g/mol. The van der Waals surface area contributed by atoms with E-state index in [-0.39, 0.29) is 11.5 Å². The van der Waals surface area contributed by atoms with Gasteiger partial charge >= 0.3 is 0 Å². The molecule has 0 saturated heterocycles. The van der Waals surface area contributed by atoms with Crippen molar-refractivity contribution >= 4 is 11.3 Å². The number of hydrogen-bond acceptors (Lipinski definition) is 4. The maximum absolute atomic E-state index is 9.21. The van der Waals surface area contributed by atoms with Crippen molar-refractivity contribution in [3.8, 4) is 17.3 Å². The zero-order valence-corrected chi connectivity index (χ0v) is 14.6. The molecule has 0 amide bonds. The number of benzene rings is 1. The Labute approximate surface area is 147 Å². The molecule has 3 nitrogen and oxygen atoms in total. The summed E-state index contributed by atoms with van der Waals surface area (Å²) in [6.45, 7) is 0.845. The maximum Gasteiger partial charge on any atom is 0.125 e. The fourth-order valence-electron chi connectivity index (χ4n) is 3.42. The number of nitrogens with zero attached hydrogens (tertiary/aromatic N) is 2. The van der Waals surface area contributed by atoms with Crippen molar-refractivity contribution in [2.24, 2.45) is 11.8 Å². The van der Waals surface area contributed by atoms with Crippen LogP contribution in [0.2, 0.25) is 0 Å².